The van der Waals surface area contributed by atoms with Crippen molar-refractivity contribution in [1.29, 1.82) is 0 Å². The Morgan fingerprint density at radius 2 is 1.94 bits per heavy atom. The lowest BCUT2D eigenvalue weighted by Crippen LogP contribution is -2.50. The number of urea groups is 1. The molecule has 1 atom stereocenters. The summed E-state index contributed by atoms with van der Waals surface area (Å²) in [6.07, 6.45) is 0. The number of likely N-dealkylation sites (N-methyl/N-ethyl adjacent to an activating group) is 1. The number of nitrogens with one attached hydrogen (secondary N) is 3. The molecule has 0 aromatic rings. The third-order valence-corrected chi connectivity index (χ3v) is 1.72. The lowest BCUT2D eigenvalue weighted by Gasteiger charge is -2.13. The molecular formula is C9H17N3O5. The molecule has 17 heavy (non-hydrogen) atoms. The number of carboxylic acids is 1. The van der Waals surface area contributed by atoms with Crippen molar-refractivity contribution in [1.82, 2.24) is 16.0 Å². The molecule has 98 valence electrons. The van der Waals surface area contributed by atoms with Crippen LogP contribution in [0.25, 0.3) is 0 Å². The fourth-order valence-corrected chi connectivity index (χ4v) is 0.971. The first-order valence-electron chi connectivity index (χ1n) is 5.04. The Morgan fingerprint density at radius 1 is 1.29 bits per heavy atom. The zero-order valence-electron chi connectivity index (χ0n) is 9.78. The van der Waals surface area contributed by atoms with E-state index in [4.69, 9.17) is 5.11 Å². The van der Waals surface area contributed by atoms with E-state index in [-0.39, 0.29) is 19.1 Å². The van der Waals surface area contributed by atoms with Crippen molar-refractivity contribution in [3.05, 3.63) is 0 Å². The van der Waals surface area contributed by atoms with E-state index in [0.29, 0.717) is 6.54 Å². The van der Waals surface area contributed by atoms with Gasteiger partial charge in [0.15, 0.2) is 6.04 Å². The maximum Gasteiger partial charge on any atom is 0.328 e. The average Bonchev–Trinajstić information content (AvgIpc) is 2.26. The molecule has 0 heterocycles. The van der Waals surface area contributed by atoms with Crippen LogP contribution in [0.3, 0.4) is 0 Å². The fourth-order valence-electron chi connectivity index (χ4n) is 0.971. The van der Waals surface area contributed by atoms with Crippen molar-refractivity contribution in [3.63, 3.8) is 0 Å². The molecule has 0 aliphatic heterocycles. The molecule has 0 bridgehead atoms. The molecule has 0 aromatic heterocycles. The van der Waals surface area contributed by atoms with E-state index < -0.39 is 18.0 Å². The quantitative estimate of drug-likeness (QED) is 0.438. The Bertz CT molecular complexity index is 282. The second-order valence-electron chi connectivity index (χ2n) is 3.13. The monoisotopic (exact) mass is 247 g/mol. The molecule has 0 rings (SSSR count). The molecule has 0 saturated carbocycles. The first-order valence-corrected chi connectivity index (χ1v) is 5.04. The van der Waals surface area contributed by atoms with Crippen LogP contribution in [0.5, 0.6) is 0 Å². The first kappa shape index (κ1) is 15.2. The van der Waals surface area contributed by atoms with Gasteiger partial charge in [0.25, 0.3) is 0 Å². The number of carboxylic acid groups (broad SMARTS) is 1. The Kier molecular flexibility index (Phi) is 7.44. The summed E-state index contributed by atoms with van der Waals surface area (Å²) in [6.45, 7) is 1.85. The number of carbonyl (C=O) groups excluding carboxylic acids is 2. The Hall–Kier alpha value is -1.83. The van der Waals surface area contributed by atoms with E-state index in [1.54, 1.807) is 6.92 Å². The molecule has 0 aliphatic rings. The summed E-state index contributed by atoms with van der Waals surface area (Å²) < 4.78 is 4.63. The van der Waals surface area contributed by atoms with Crippen LogP contribution in [0.2, 0.25) is 0 Å². The van der Waals surface area contributed by atoms with Crippen molar-refractivity contribution < 1.29 is 24.2 Å². The molecule has 1 unspecified atom stereocenters. The number of rotatable bonds is 7. The van der Waals surface area contributed by atoms with Gasteiger partial charge < -0.3 is 25.8 Å². The minimum atomic E-state index is -1.21. The summed E-state index contributed by atoms with van der Waals surface area (Å²) in [4.78, 5) is 32.9. The van der Waals surface area contributed by atoms with Crippen LogP contribution in [0, 0.1) is 0 Å². The van der Waals surface area contributed by atoms with Crippen molar-refractivity contribution in [2.24, 2.45) is 0 Å². The molecular weight excluding hydrogens is 230 g/mol. The number of aliphatic carboxylic acids is 1. The molecule has 0 fully saturated rings. The Labute approximate surface area is 98.7 Å². The van der Waals surface area contributed by atoms with Gasteiger partial charge >= 0.3 is 12.0 Å². The van der Waals surface area contributed by atoms with Gasteiger partial charge in [-0.2, -0.15) is 0 Å². The zero-order chi connectivity index (χ0) is 13.3. The second kappa shape index (κ2) is 8.34. The highest BCUT2D eigenvalue weighted by Crippen LogP contribution is 1.85. The van der Waals surface area contributed by atoms with Crippen molar-refractivity contribution >= 4 is 17.9 Å². The smallest absolute Gasteiger partial charge is 0.328 e. The van der Waals surface area contributed by atoms with Crippen LogP contribution >= 0.6 is 0 Å². The number of methoxy groups -OCH3 is 1. The van der Waals surface area contributed by atoms with Crippen LogP contribution in [0.4, 0.5) is 4.79 Å². The minimum absolute atomic E-state index is 0.149. The number of ether oxygens (including phenoxy) is 1. The topological polar surface area (TPSA) is 117 Å². The van der Waals surface area contributed by atoms with Gasteiger partial charge in [0.2, 0.25) is 5.91 Å². The van der Waals surface area contributed by atoms with E-state index in [2.05, 4.69) is 20.7 Å². The highest BCUT2D eigenvalue weighted by Gasteiger charge is 2.19. The van der Waals surface area contributed by atoms with Crippen LogP contribution in [0.1, 0.15) is 6.92 Å². The largest absolute Gasteiger partial charge is 0.480 e. The summed E-state index contributed by atoms with van der Waals surface area (Å²) in [5.41, 5.74) is 0. The summed E-state index contributed by atoms with van der Waals surface area (Å²) in [5, 5.41) is 15.6. The summed E-state index contributed by atoms with van der Waals surface area (Å²) >= 11 is 0. The maximum atomic E-state index is 11.2. The standard InChI is InChI=1S/C9H17N3O5/c1-3-10-7(13)4-11-9(16)12-6(5-17-2)8(14)15/h6H,3-5H2,1-2H3,(H,10,13)(H,14,15)(H2,11,12,16). The molecule has 8 heteroatoms. The summed E-state index contributed by atoms with van der Waals surface area (Å²) in [7, 11) is 1.32. The first-order chi connectivity index (χ1) is 8.01. The van der Waals surface area contributed by atoms with Gasteiger partial charge in [-0.15, -0.1) is 0 Å². The molecule has 0 radical (unpaired) electrons. The van der Waals surface area contributed by atoms with Gasteiger partial charge in [-0.05, 0) is 6.92 Å². The van der Waals surface area contributed by atoms with E-state index in [1.807, 2.05) is 0 Å². The highest BCUT2D eigenvalue weighted by molar-refractivity contribution is 5.86. The molecule has 3 amide bonds. The van der Waals surface area contributed by atoms with Gasteiger partial charge in [-0.1, -0.05) is 0 Å². The molecule has 0 aromatic carbocycles. The Balaban J connectivity index is 3.98. The second-order valence-corrected chi connectivity index (χ2v) is 3.13. The molecule has 0 saturated heterocycles. The molecule has 0 spiro atoms. The fraction of sp³-hybridized carbons (Fsp3) is 0.667. The molecule has 4 N–H and O–H groups in total. The number of carbonyl (C=O) groups is 3. The number of hydrogen-bond acceptors (Lipinski definition) is 4. The van der Waals surface area contributed by atoms with E-state index >= 15 is 0 Å². The third-order valence-electron chi connectivity index (χ3n) is 1.72. The summed E-state index contributed by atoms with van der Waals surface area (Å²) in [5.74, 6) is -1.55. The SMILES string of the molecule is CCNC(=O)CNC(=O)NC(COC)C(=O)O. The van der Waals surface area contributed by atoms with E-state index in [9.17, 15) is 14.4 Å². The third kappa shape index (κ3) is 7.12. The zero-order valence-corrected chi connectivity index (χ0v) is 9.78. The molecule has 8 nitrogen and oxygen atoms in total. The normalized spacial score (nSPS) is 11.4. The Morgan fingerprint density at radius 3 is 2.41 bits per heavy atom. The lowest BCUT2D eigenvalue weighted by atomic mass is 10.3. The van der Waals surface area contributed by atoms with Gasteiger partial charge in [0, 0.05) is 13.7 Å². The predicted octanol–water partition coefficient (Wildman–Crippen LogP) is -1.48. The maximum absolute atomic E-state index is 11.2. The lowest BCUT2D eigenvalue weighted by molar-refractivity contribution is -0.140. The number of amides is 3. The van der Waals surface area contributed by atoms with Crippen molar-refractivity contribution in [3.8, 4) is 0 Å². The predicted molar refractivity (Wildman–Crippen MR) is 58.5 cm³/mol. The van der Waals surface area contributed by atoms with Gasteiger partial charge in [0.05, 0.1) is 13.2 Å². The van der Waals surface area contributed by atoms with Crippen LogP contribution in [0.15, 0.2) is 0 Å². The van der Waals surface area contributed by atoms with Gasteiger partial charge in [-0.3, -0.25) is 4.79 Å². The van der Waals surface area contributed by atoms with Crippen LogP contribution in [-0.2, 0) is 14.3 Å². The van der Waals surface area contributed by atoms with E-state index in [1.165, 1.54) is 7.11 Å². The van der Waals surface area contributed by atoms with Gasteiger partial charge in [0.1, 0.15) is 0 Å². The minimum Gasteiger partial charge on any atom is -0.480 e. The van der Waals surface area contributed by atoms with Crippen LogP contribution in [-0.4, -0.2) is 55.9 Å². The average molecular weight is 247 g/mol. The highest BCUT2D eigenvalue weighted by atomic mass is 16.5. The van der Waals surface area contributed by atoms with Crippen molar-refractivity contribution in [2.45, 2.75) is 13.0 Å². The van der Waals surface area contributed by atoms with E-state index in [0.717, 1.165) is 0 Å². The summed E-state index contributed by atoms with van der Waals surface area (Å²) in [6, 6.07) is -1.88. The number of hydrogen-bond donors (Lipinski definition) is 4. The molecule has 0 aliphatic carbocycles. The van der Waals surface area contributed by atoms with Crippen LogP contribution < -0.4 is 16.0 Å². The van der Waals surface area contributed by atoms with Gasteiger partial charge in [-0.25, -0.2) is 9.59 Å². The van der Waals surface area contributed by atoms with Crippen molar-refractivity contribution in [2.75, 3.05) is 26.8 Å².